The van der Waals surface area contributed by atoms with Gasteiger partial charge in [-0.2, -0.15) is 5.26 Å². The number of amides is 1. The lowest BCUT2D eigenvalue weighted by Gasteiger charge is -2.24. The zero-order valence-corrected chi connectivity index (χ0v) is 30.5. The molecule has 2 saturated carbocycles. The number of nitrogens with one attached hydrogen (secondary N) is 3. The van der Waals surface area contributed by atoms with E-state index in [2.05, 4.69) is 32.8 Å². The summed E-state index contributed by atoms with van der Waals surface area (Å²) in [5.41, 5.74) is 12.7. The lowest BCUT2D eigenvalue weighted by Crippen LogP contribution is -2.31. The second kappa shape index (κ2) is 15.8. The fourth-order valence-corrected chi connectivity index (χ4v) is 7.68. The number of aromatic nitrogens is 2. The molecule has 3 aliphatic heterocycles. The van der Waals surface area contributed by atoms with E-state index in [-0.39, 0.29) is 41.4 Å². The van der Waals surface area contributed by atoms with Crippen molar-refractivity contribution in [2.45, 2.75) is 77.3 Å². The molecule has 2 aliphatic carbocycles. The Morgan fingerprint density at radius 3 is 2.57 bits per heavy atom. The van der Waals surface area contributed by atoms with Crippen LogP contribution >= 0.6 is 23.2 Å². The summed E-state index contributed by atoms with van der Waals surface area (Å²) in [6, 6.07) is 12.2. The van der Waals surface area contributed by atoms with Crippen molar-refractivity contribution in [2.75, 3.05) is 19.7 Å². The number of nitriles is 1. The Labute approximate surface area is 307 Å². The first kappa shape index (κ1) is 36.9. The van der Waals surface area contributed by atoms with Crippen molar-refractivity contribution in [1.82, 2.24) is 25.6 Å². The molecule has 4 aromatic rings. The Balaban J connectivity index is 0.000000265. The number of benzene rings is 2. The van der Waals surface area contributed by atoms with Crippen LogP contribution < -0.4 is 22.3 Å². The largest absolute Gasteiger partial charge is 0.399 e. The highest BCUT2D eigenvalue weighted by Gasteiger charge is 2.39. The molecule has 270 valence electrons. The van der Waals surface area contributed by atoms with Crippen molar-refractivity contribution in [3.63, 3.8) is 0 Å². The number of rotatable bonds is 7. The second-order valence-electron chi connectivity index (χ2n) is 14.0. The van der Waals surface area contributed by atoms with E-state index >= 15 is 4.39 Å². The molecule has 3 saturated heterocycles. The van der Waals surface area contributed by atoms with E-state index in [1.807, 2.05) is 17.9 Å². The molecule has 1 unspecified atom stereocenters. The first-order valence-corrected chi connectivity index (χ1v) is 18.3. The van der Waals surface area contributed by atoms with Crippen LogP contribution in [-0.2, 0) is 11.2 Å². The van der Waals surface area contributed by atoms with Gasteiger partial charge in [-0.05, 0) is 95.0 Å². The predicted octanol–water partition coefficient (Wildman–Crippen LogP) is 6.67. The second-order valence-corrected chi connectivity index (χ2v) is 14.7. The molecule has 5 fully saturated rings. The van der Waals surface area contributed by atoms with E-state index in [1.165, 1.54) is 19.4 Å². The number of hydrogen-bond acceptors (Lipinski definition) is 8. The number of allylic oxidation sites excluding steroid dienone is 1. The van der Waals surface area contributed by atoms with Gasteiger partial charge in [0.25, 0.3) is 0 Å². The van der Waals surface area contributed by atoms with Crippen LogP contribution in [0.15, 0.2) is 41.7 Å². The molecule has 2 aromatic heterocycles. The summed E-state index contributed by atoms with van der Waals surface area (Å²) in [7, 11) is 0. The molecule has 9 rings (SSSR count). The maximum atomic E-state index is 16.3. The van der Waals surface area contributed by atoms with Gasteiger partial charge >= 0.3 is 0 Å². The summed E-state index contributed by atoms with van der Waals surface area (Å²) in [4.78, 5) is 23.1. The monoisotopic (exact) mass is 734 g/mol. The fraction of sp³-hybridized carbons (Fsp3) is 0.447. The number of carbonyl (C=O) groups is 1. The highest BCUT2D eigenvalue weighted by Crippen LogP contribution is 2.43. The maximum absolute atomic E-state index is 16.3. The first-order valence-electron chi connectivity index (χ1n) is 17.6. The van der Waals surface area contributed by atoms with E-state index in [1.54, 1.807) is 25.1 Å². The van der Waals surface area contributed by atoms with Gasteiger partial charge < -0.3 is 31.5 Å². The number of nitrogens with zero attached hydrogens (tertiary/aromatic N) is 3. The van der Waals surface area contributed by atoms with E-state index in [4.69, 9.17) is 39.9 Å². The van der Waals surface area contributed by atoms with E-state index in [9.17, 15) is 10.1 Å². The number of pyridine rings is 1. The van der Waals surface area contributed by atoms with Gasteiger partial charge in [-0.3, -0.25) is 10.6 Å². The molecular weight excluding hydrogens is 690 g/mol. The number of aryl methyl sites for hydroxylation is 2. The molecule has 5 aliphatic rings. The fourth-order valence-electron chi connectivity index (χ4n) is 7.28. The average molecular weight is 736 g/mol. The highest BCUT2D eigenvalue weighted by molar-refractivity contribution is 6.43. The van der Waals surface area contributed by atoms with Gasteiger partial charge in [0.2, 0.25) is 5.91 Å². The molecule has 2 aromatic carbocycles. The molecule has 51 heavy (non-hydrogen) atoms. The lowest BCUT2D eigenvalue weighted by atomic mass is 9.87. The number of carbonyl (C=O) groups excluding carboxylic acids is 1. The molecule has 10 nitrogen and oxygen atoms in total. The summed E-state index contributed by atoms with van der Waals surface area (Å²) in [6.07, 6.45) is 7.35. The molecule has 2 bridgehead atoms. The molecule has 1 atom stereocenters. The SMILES string of the molecule is C/C(NN)=C(/N)CO.C1NC2CC1C2.Cc1nc2c(F)c(-c3cccc(Cl)c3Cl)c(CCC#N)cc2c2[nH]c(C3CCCN3C(=O)C3CC3)cc12. The molecule has 8 N–H and O–H groups in total. The van der Waals surface area contributed by atoms with Crippen LogP contribution in [0.5, 0.6) is 0 Å². The number of hydrogen-bond donors (Lipinski definition) is 6. The van der Waals surface area contributed by atoms with Crippen molar-refractivity contribution in [2.24, 2.45) is 23.4 Å². The number of nitrogens with two attached hydrogens (primary N) is 2. The minimum Gasteiger partial charge on any atom is -0.399 e. The summed E-state index contributed by atoms with van der Waals surface area (Å²) in [5, 5.41) is 23.2. The third-order valence-corrected chi connectivity index (χ3v) is 11.3. The van der Waals surface area contributed by atoms with Crippen LogP contribution in [0.1, 0.15) is 74.9 Å². The van der Waals surface area contributed by atoms with Crippen LogP contribution in [0.25, 0.3) is 32.9 Å². The van der Waals surface area contributed by atoms with Crippen molar-refractivity contribution in [3.8, 4) is 17.2 Å². The first-order chi connectivity index (χ1) is 24.6. The summed E-state index contributed by atoms with van der Waals surface area (Å²) < 4.78 is 16.3. The van der Waals surface area contributed by atoms with Crippen molar-refractivity contribution >= 4 is 50.9 Å². The van der Waals surface area contributed by atoms with Crippen LogP contribution in [0.3, 0.4) is 0 Å². The maximum Gasteiger partial charge on any atom is 0.226 e. The Kier molecular flexibility index (Phi) is 11.4. The van der Waals surface area contributed by atoms with Crippen molar-refractivity contribution < 1.29 is 14.3 Å². The number of likely N-dealkylation sites (tertiary alicyclic amines) is 1. The third kappa shape index (κ3) is 7.66. The molecule has 0 spiro atoms. The Bertz CT molecular complexity index is 1990. The van der Waals surface area contributed by atoms with E-state index in [0.717, 1.165) is 60.8 Å². The number of aromatic amines is 1. The van der Waals surface area contributed by atoms with Gasteiger partial charge in [0.1, 0.15) is 5.52 Å². The van der Waals surface area contributed by atoms with Gasteiger partial charge in [-0.15, -0.1) is 0 Å². The quantitative estimate of drug-likeness (QED) is 0.0904. The van der Waals surface area contributed by atoms with Gasteiger partial charge in [0.15, 0.2) is 5.82 Å². The standard InChI is InChI=1S/C29H25Cl2FN4O.C5H9N.C4H11N3O/c1-15-19-14-22(23-8-4-12-36(23)29(37)16-9-10-16)35-27(19)20-13-17(5-3-11-33)24(26(32)28(20)34-15)18-6-2-7-21(30)25(18)31;1-4-2-5(1)6-3-4;1-3(7-6)4(5)2-8/h2,6-7,13-14,16,23,35H,3-5,8-10,12H2,1H3;4-6H,1-3H2;7-8H,2,5-6H2,1H3/b;;4-3-. The van der Waals surface area contributed by atoms with Crippen LogP contribution in [0.2, 0.25) is 10.0 Å². The van der Waals surface area contributed by atoms with Crippen LogP contribution in [0, 0.1) is 35.9 Å². The Morgan fingerprint density at radius 1 is 1.22 bits per heavy atom. The van der Waals surface area contributed by atoms with Gasteiger partial charge in [0, 0.05) is 63.9 Å². The van der Waals surface area contributed by atoms with Gasteiger partial charge in [-0.25, -0.2) is 9.37 Å². The number of aliphatic hydroxyl groups is 1. The number of fused-ring (bicyclic) bond motifs is 4. The normalized spacial score (nSPS) is 20.9. The Hall–Kier alpha value is -3.92. The summed E-state index contributed by atoms with van der Waals surface area (Å²) in [6.45, 7) is 5.48. The molecule has 5 heterocycles. The lowest BCUT2D eigenvalue weighted by molar-refractivity contribution is -0.133. The topological polar surface area (TPSA) is 169 Å². The predicted molar refractivity (Wildman–Crippen MR) is 200 cm³/mol. The third-order valence-electron chi connectivity index (χ3n) is 10.4. The zero-order valence-electron chi connectivity index (χ0n) is 29.0. The number of aliphatic hydroxyl groups excluding tert-OH is 1. The smallest absolute Gasteiger partial charge is 0.226 e. The summed E-state index contributed by atoms with van der Waals surface area (Å²) in [5.74, 6) is 5.96. The molecule has 13 heteroatoms. The molecular formula is C38H45Cl2FN8O2. The van der Waals surface area contributed by atoms with E-state index in [0.29, 0.717) is 50.6 Å². The van der Waals surface area contributed by atoms with Gasteiger partial charge in [0.05, 0.1) is 40.0 Å². The van der Waals surface area contributed by atoms with E-state index < -0.39 is 5.82 Å². The van der Waals surface area contributed by atoms with Gasteiger partial charge in [-0.1, -0.05) is 35.3 Å². The van der Waals surface area contributed by atoms with Crippen molar-refractivity contribution in [3.05, 3.63) is 74.5 Å². The Morgan fingerprint density at radius 2 is 1.98 bits per heavy atom. The average Bonchev–Trinajstić information content (AvgIpc) is 3.52. The minimum atomic E-state index is -0.484. The van der Waals surface area contributed by atoms with Crippen LogP contribution in [0.4, 0.5) is 4.39 Å². The molecule has 1 amide bonds. The van der Waals surface area contributed by atoms with Crippen molar-refractivity contribution in [1.29, 1.82) is 5.26 Å². The minimum absolute atomic E-state index is 0.0117. The van der Waals surface area contributed by atoms with Crippen LogP contribution in [-0.4, -0.2) is 51.6 Å². The summed E-state index contributed by atoms with van der Waals surface area (Å²) >= 11 is 12.8. The number of halogens is 3. The number of hydrazine groups is 1. The highest BCUT2D eigenvalue weighted by atomic mass is 35.5. The molecule has 0 radical (unpaired) electrons. The number of H-pyrrole nitrogens is 1. The zero-order chi connectivity index (χ0) is 36.4.